The zero-order valence-corrected chi connectivity index (χ0v) is 11.2. The van der Waals surface area contributed by atoms with Gasteiger partial charge in [0.2, 0.25) is 0 Å². The third-order valence-electron chi connectivity index (χ3n) is 2.70. The third-order valence-corrected chi connectivity index (χ3v) is 3.62. The minimum atomic E-state index is 0.692. The number of fused-ring (bicyclic) bond motifs is 1. The predicted octanol–water partition coefficient (Wildman–Crippen LogP) is 2.98. The van der Waals surface area contributed by atoms with E-state index in [9.17, 15) is 0 Å². The van der Waals surface area contributed by atoms with E-state index in [1.54, 1.807) is 24.0 Å². The molecule has 0 bridgehead atoms. The Morgan fingerprint density at radius 2 is 1.89 bits per heavy atom. The first-order valence-corrected chi connectivity index (χ1v) is 6.92. The van der Waals surface area contributed by atoms with Crippen LogP contribution in [0.1, 0.15) is 6.42 Å². The number of anilines is 1. The Hall–Kier alpha value is -1.88. The molecule has 0 unspecified atom stereocenters. The van der Waals surface area contributed by atoms with Crippen molar-refractivity contribution in [3.8, 4) is 11.5 Å². The van der Waals surface area contributed by atoms with Gasteiger partial charge in [0, 0.05) is 23.2 Å². The maximum absolute atomic E-state index is 5.75. The quantitative estimate of drug-likeness (QED) is 0.912. The smallest absolute Gasteiger partial charge is 0.162 e. The number of nitrogen functional groups attached to an aromatic ring is 1. The van der Waals surface area contributed by atoms with Crippen molar-refractivity contribution in [2.24, 2.45) is 0 Å². The van der Waals surface area contributed by atoms with Gasteiger partial charge in [0.1, 0.15) is 5.03 Å². The van der Waals surface area contributed by atoms with Crippen molar-refractivity contribution < 1.29 is 9.47 Å². The molecule has 0 fully saturated rings. The van der Waals surface area contributed by atoms with Gasteiger partial charge in [-0.1, -0.05) is 11.8 Å². The first-order chi connectivity index (χ1) is 9.31. The van der Waals surface area contributed by atoms with E-state index in [1.165, 1.54) is 0 Å². The Morgan fingerprint density at radius 3 is 2.74 bits per heavy atom. The van der Waals surface area contributed by atoms with Crippen molar-refractivity contribution in [2.75, 3.05) is 18.9 Å². The molecule has 0 atom stereocenters. The van der Waals surface area contributed by atoms with Gasteiger partial charge >= 0.3 is 0 Å². The van der Waals surface area contributed by atoms with Gasteiger partial charge in [0.25, 0.3) is 0 Å². The molecule has 2 aromatic rings. The predicted molar refractivity (Wildman–Crippen MR) is 74.8 cm³/mol. The Morgan fingerprint density at radius 1 is 1.05 bits per heavy atom. The van der Waals surface area contributed by atoms with Crippen LogP contribution in [-0.4, -0.2) is 18.2 Å². The number of nitrogens with two attached hydrogens (primary N) is 1. The van der Waals surface area contributed by atoms with Crippen LogP contribution in [0.2, 0.25) is 0 Å². The van der Waals surface area contributed by atoms with Crippen LogP contribution in [0.5, 0.6) is 11.5 Å². The number of rotatable bonds is 2. The largest absolute Gasteiger partial charge is 0.490 e. The van der Waals surface area contributed by atoms with E-state index in [4.69, 9.17) is 15.2 Å². The van der Waals surface area contributed by atoms with E-state index in [-0.39, 0.29) is 0 Å². The minimum absolute atomic E-state index is 0.692. The maximum Gasteiger partial charge on any atom is 0.162 e. The highest BCUT2D eigenvalue weighted by Gasteiger charge is 2.11. The zero-order valence-electron chi connectivity index (χ0n) is 10.3. The fourth-order valence-corrected chi connectivity index (χ4v) is 2.66. The first-order valence-electron chi connectivity index (χ1n) is 6.10. The molecule has 4 nitrogen and oxygen atoms in total. The Bertz CT molecular complexity index is 589. The van der Waals surface area contributed by atoms with E-state index in [0.717, 1.165) is 27.8 Å². The molecule has 0 spiro atoms. The van der Waals surface area contributed by atoms with Crippen LogP contribution < -0.4 is 15.2 Å². The molecular formula is C14H14N2O2S. The third kappa shape index (κ3) is 2.93. The number of benzene rings is 1. The van der Waals surface area contributed by atoms with Gasteiger partial charge in [-0.2, -0.15) is 0 Å². The maximum atomic E-state index is 5.75. The molecule has 1 aromatic heterocycles. The van der Waals surface area contributed by atoms with Crippen molar-refractivity contribution in [3.05, 3.63) is 36.5 Å². The van der Waals surface area contributed by atoms with Crippen LogP contribution >= 0.6 is 11.8 Å². The second-order valence-electron chi connectivity index (χ2n) is 4.19. The normalized spacial score (nSPS) is 13.9. The number of aromatic nitrogens is 1. The summed E-state index contributed by atoms with van der Waals surface area (Å²) in [5, 5.41) is 0.870. The molecule has 0 radical (unpaired) electrons. The average Bonchev–Trinajstić information content (AvgIpc) is 2.63. The molecule has 19 heavy (non-hydrogen) atoms. The lowest BCUT2D eigenvalue weighted by atomic mass is 10.3. The van der Waals surface area contributed by atoms with E-state index in [0.29, 0.717) is 18.9 Å². The average molecular weight is 274 g/mol. The molecule has 5 heteroatoms. The van der Waals surface area contributed by atoms with Crippen molar-refractivity contribution in [3.63, 3.8) is 0 Å². The van der Waals surface area contributed by atoms with Gasteiger partial charge < -0.3 is 15.2 Å². The SMILES string of the molecule is Nc1ccnc(Sc2ccc3c(c2)OCCCO3)c1. The van der Waals surface area contributed by atoms with Crippen LogP contribution in [0, 0.1) is 0 Å². The van der Waals surface area contributed by atoms with E-state index in [1.807, 2.05) is 24.3 Å². The molecule has 0 saturated heterocycles. The molecular weight excluding hydrogens is 260 g/mol. The summed E-state index contributed by atoms with van der Waals surface area (Å²) in [5.41, 5.74) is 6.46. The summed E-state index contributed by atoms with van der Waals surface area (Å²) >= 11 is 1.55. The molecule has 0 amide bonds. The summed E-state index contributed by atoms with van der Waals surface area (Å²) in [4.78, 5) is 5.33. The summed E-state index contributed by atoms with van der Waals surface area (Å²) in [7, 11) is 0. The summed E-state index contributed by atoms with van der Waals surface area (Å²) < 4.78 is 11.3. The van der Waals surface area contributed by atoms with Crippen molar-refractivity contribution in [2.45, 2.75) is 16.3 Å². The molecule has 1 aliphatic heterocycles. The summed E-state index contributed by atoms with van der Waals surface area (Å²) in [6.45, 7) is 1.40. The highest BCUT2D eigenvalue weighted by Crippen LogP contribution is 2.36. The summed E-state index contributed by atoms with van der Waals surface area (Å²) in [6.07, 6.45) is 2.62. The van der Waals surface area contributed by atoms with Crippen LogP contribution in [-0.2, 0) is 0 Å². The lowest BCUT2D eigenvalue weighted by molar-refractivity contribution is 0.297. The van der Waals surface area contributed by atoms with Crippen molar-refractivity contribution in [1.29, 1.82) is 0 Å². The molecule has 3 rings (SSSR count). The lowest BCUT2D eigenvalue weighted by Crippen LogP contribution is -1.97. The molecule has 1 aliphatic rings. The van der Waals surface area contributed by atoms with Gasteiger partial charge in [-0.25, -0.2) is 4.98 Å². The highest BCUT2D eigenvalue weighted by molar-refractivity contribution is 7.99. The monoisotopic (exact) mass is 274 g/mol. The summed E-state index contributed by atoms with van der Waals surface area (Å²) in [6, 6.07) is 9.56. The van der Waals surface area contributed by atoms with Gasteiger partial charge in [-0.15, -0.1) is 0 Å². The van der Waals surface area contributed by atoms with Crippen molar-refractivity contribution >= 4 is 17.4 Å². The first kappa shape index (κ1) is 12.2. The highest BCUT2D eigenvalue weighted by atomic mass is 32.2. The fraction of sp³-hybridized carbons (Fsp3) is 0.214. The van der Waals surface area contributed by atoms with Gasteiger partial charge in [-0.05, 0) is 30.3 Å². The van der Waals surface area contributed by atoms with E-state index in [2.05, 4.69) is 4.98 Å². The second kappa shape index (κ2) is 5.40. The lowest BCUT2D eigenvalue weighted by Gasteiger charge is -2.09. The molecule has 0 saturated carbocycles. The number of hydrogen-bond acceptors (Lipinski definition) is 5. The number of nitrogens with zero attached hydrogens (tertiary/aromatic N) is 1. The number of hydrogen-bond donors (Lipinski definition) is 1. The Labute approximate surface area is 115 Å². The fourth-order valence-electron chi connectivity index (χ4n) is 1.81. The Balaban J connectivity index is 1.84. The van der Waals surface area contributed by atoms with Gasteiger partial charge in [0.05, 0.1) is 13.2 Å². The zero-order chi connectivity index (χ0) is 13.1. The van der Waals surface area contributed by atoms with Crippen LogP contribution in [0.25, 0.3) is 0 Å². The van der Waals surface area contributed by atoms with E-state index < -0.39 is 0 Å². The van der Waals surface area contributed by atoms with Crippen LogP contribution in [0.15, 0.2) is 46.5 Å². The van der Waals surface area contributed by atoms with Crippen LogP contribution in [0.4, 0.5) is 5.69 Å². The topological polar surface area (TPSA) is 57.4 Å². The molecule has 2 N–H and O–H groups in total. The molecule has 2 heterocycles. The van der Waals surface area contributed by atoms with Crippen LogP contribution in [0.3, 0.4) is 0 Å². The number of pyridine rings is 1. The minimum Gasteiger partial charge on any atom is -0.490 e. The van der Waals surface area contributed by atoms with Gasteiger partial charge in [0.15, 0.2) is 11.5 Å². The molecule has 0 aliphatic carbocycles. The number of ether oxygens (including phenoxy) is 2. The molecule has 1 aromatic carbocycles. The van der Waals surface area contributed by atoms with E-state index >= 15 is 0 Å². The standard InChI is InChI=1S/C14H14N2O2S/c15-10-4-5-16-14(8-10)19-11-2-3-12-13(9-11)18-7-1-6-17-12/h2-5,8-9H,1,6-7H2,(H2,15,16). The van der Waals surface area contributed by atoms with Crippen molar-refractivity contribution in [1.82, 2.24) is 4.98 Å². The second-order valence-corrected chi connectivity index (χ2v) is 5.28. The summed E-state index contributed by atoms with van der Waals surface area (Å²) in [5.74, 6) is 1.61. The Kier molecular flexibility index (Phi) is 3.46. The van der Waals surface area contributed by atoms with Gasteiger partial charge in [-0.3, -0.25) is 0 Å². The molecule has 98 valence electrons.